The van der Waals surface area contributed by atoms with Crippen LogP contribution in [-0.2, 0) is 12.8 Å². The van der Waals surface area contributed by atoms with Gasteiger partial charge in [0.15, 0.2) is 0 Å². The first-order chi connectivity index (χ1) is 8.70. The normalized spacial score (nSPS) is 14.6. The van der Waals surface area contributed by atoms with Crippen molar-refractivity contribution in [2.45, 2.75) is 32.1 Å². The van der Waals surface area contributed by atoms with Crippen LogP contribution >= 0.6 is 11.3 Å². The number of amides is 1. The second-order valence-corrected chi connectivity index (χ2v) is 5.50. The number of oxime groups is 1. The van der Waals surface area contributed by atoms with Gasteiger partial charge in [0.1, 0.15) is 5.84 Å². The van der Waals surface area contributed by atoms with Crippen molar-refractivity contribution in [1.82, 2.24) is 5.32 Å². The van der Waals surface area contributed by atoms with Gasteiger partial charge >= 0.3 is 0 Å². The third-order valence-corrected chi connectivity index (χ3v) is 4.23. The molecule has 0 saturated carbocycles. The molecule has 0 saturated heterocycles. The molecule has 2 rings (SSSR count). The van der Waals surface area contributed by atoms with E-state index in [1.54, 1.807) is 11.3 Å². The average molecular weight is 267 g/mol. The Bertz CT molecular complexity index is 446. The van der Waals surface area contributed by atoms with Gasteiger partial charge in [0.25, 0.3) is 5.91 Å². The number of amidine groups is 1. The smallest absolute Gasteiger partial charge is 0.261 e. The molecule has 0 radical (unpaired) electrons. The van der Waals surface area contributed by atoms with Gasteiger partial charge in [-0.15, -0.1) is 11.3 Å². The summed E-state index contributed by atoms with van der Waals surface area (Å²) in [5.41, 5.74) is 6.67. The minimum absolute atomic E-state index is 0.0195. The van der Waals surface area contributed by atoms with E-state index < -0.39 is 0 Å². The second-order valence-electron chi connectivity index (χ2n) is 4.36. The van der Waals surface area contributed by atoms with E-state index in [0.29, 0.717) is 19.4 Å². The molecule has 0 aliphatic heterocycles. The summed E-state index contributed by atoms with van der Waals surface area (Å²) >= 11 is 1.60. The Morgan fingerprint density at radius 3 is 3.11 bits per heavy atom. The van der Waals surface area contributed by atoms with E-state index in [2.05, 4.69) is 10.5 Å². The monoisotopic (exact) mass is 267 g/mol. The van der Waals surface area contributed by atoms with Crippen molar-refractivity contribution in [2.24, 2.45) is 10.9 Å². The van der Waals surface area contributed by atoms with Crippen molar-refractivity contribution in [3.05, 3.63) is 21.4 Å². The zero-order chi connectivity index (χ0) is 13.0. The molecule has 1 aliphatic rings. The number of aryl methyl sites for hydroxylation is 2. The first-order valence-corrected chi connectivity index (χ1v) is 6.88. The van der Waals surface area contributed by atoms with Crippen molar-refractivity contribution in [3.63, 3.8) is 0 Å². The SMILES string of the molecule is NC(CCCNC(=O)c1cc2c(s1)CCC2)=NO. The van der Waals surface area contributed by atoms with Crippen molar-refractivity contribution in [3.8, 4) is 0 Å². The lowest BCUT2D eigenvalue weighted by atomic mass is 10.2. The highest BCUT2D eigenvalue weighted by atomic mass is 32.1. The highest BCUT2D eigenvalue weighted by Crippen LogP contribution is 2.30. The Kier molecular flexibility index (Phi) is 4.19. The van der Waals surface area contributed by atoms with Crippen molar-refractivity contribution >= 4 is 23.1 Å². The molecule has 4 N–H and O–H groups in total. The number of fused-ring (bicyclic) bond motifs is 1. The van der Waals surface area contributed by atoms with Gasteiger partial charge < -0.3 is 16.3 Å². The quantitative estimate of drug-likeness (QED) is 0.248. The number of nitrogens with two attached hydrogens (primary N) is 1. The van der Waals surface area contributed by atoms with Gasteiger partial charge in [-0.2, -0.15) is 0 Å². The van der Waals surface area contributed by atoms with Gasteiger partial charge in [-0.25, -0.2) is 0 Å². The molecule has 18 heavy (non-hydrogen) atoms. The molecule has 1 aromatic heterocycles. The highest BCUT2D eigenvalue weighted by molar-refractivity contribution is 7.14. The molecular weight excluding hydrogens is 250 g/mol. The molecular formula is C12H17N3O2S. The lowest BCUT2D eigenvalue weighted by Crippen LogP contribution is -2.24. The molecule has 0 atom stereocenters. The summed E-state index contributed by atoms with van der Waals surface area (Å²) in [5, 5.41) is 14.1. The van der Waals surface area contributed by atoms with E-state index in [1.807, 2.05) is 6.07 Å². The van der Waals surface area contributed by atoms with E-state index >= 15 is 0 Å². The fourth-order valence-corrected chi connectivity index (χ4v) is 3.22. The Hall–Kier alpha value is -1.56. The first kappa shape index (κ1) is 12.9. The van der Waals surface area contributed by atoms with Gasteiger partial charge in [0, 0.05) is 17.8 Å². The summed E-state index contributed by atoms with van der Waals surface area (Å²) in [6, 6.07) is 2.01. The summed E-state index contributed by atoms with van der Waals surface area (Å²) < 4.78 is 0. The zero-order valence-corrected chi connectivity index (χ0v) is 10.9. The molecule has 0 unspecified atom stereocenters. The molecule has 0 bridgehead atoms. The summed E-state index contributed by atoms with van der Waals surface area (Å²) in [5.74, 6) is 0.174. The fourth-order valence-electron chi connectivity index (χ4n) is 2.05. The molecule has 98 valence electrons. The van der Waals surface area contributed by atoms with Crippen LogP contribution in [0, 0.1) is 0 Å². The highest BCUT2D eigenvalue weighted by Gasteiger charge is 2.17. The fraction of sp³-hybridized carbons (Fsp3) is 0.500. The van der Waals surface area contributed by atoms with Crippen LogP contribution in [-0.4, -0.2) is 23.5 Å². The molecule has 0 fully saturated rings. The number of thiophene rings is 1. The van der Waals surface area contributed by atoms with Gasteiger partial charge in [0.2, 0.25) is 0 Å². The van der Waals surface area contributed by atoms with Gasteiger partial charge in [0.05, 0.1) is 4.88 Å². The molecule has 1 heterocycles. The van der Waals surface area contributed by atoms with Crippen LogP contribution in [0.3, 0.4) is 0 Å². The number of carbonyl (C=O) groups is 1. The van der Waals surface area contributed by atoms with Crippen LogP contribution in [0.1, 0.15) is 39.4 Å². The molecule has 1 amide bonds. The number of nitrogens with zero attached hydrogens (tertiary/aromatic N) is 1. The van der Waals surface area contributed by atoms with Crippen LogP contribution in [0.2, 0.25) is 0 Å². The Balaban J connectivity index is 1.77. The van der Waals surface area contributed by atoms with Gasteiger partial charge in [-0.05, 0) is 37.3 Å². The van der Waals surface area contributed by atoms with Crippen LogP contribution in [0.4, 0.5) is 0 Å². The summed E-state index contributed by atoms with van der Waals surface area (Å²) in [7, 11) is 0. The molecule has 5 nitrogen and oxygen atoms in total. The van der Waals surface area contributed by atoms with Crippen LogP contribution in [0.25, 0.3) is 0 Å². The minimum Gasteiger partial charge on any atom is -0.409 e. The number of rotatable bonds is 5. The molecule has 1 aliphatic carbocycles. The minimum atomic E-state index is -0.0195. The van der Waals surface area contributed by atoms with Crippen LogP contribution in [0.5, 0.6) is 0 Å². The average Bonchev–Trinajstić information content (AvgIpc) is 2.94. The standard InChI is InChI=1S/C12H17N3O2S/c13-11(15-17)5-2-6-14-12(16)10-7-8-3-1-4-9(8)18-10/h7,17H,1-6H2,(H2,13,15)(H,14,16). The predicted molar refractivity (Wildman–Crippen MR) is 71.3 cm³/mol. The number of carbonyl (C=O) groups excluding carboxylic acids is 1. The molecule has 0 aromatic carbocycles. The van der Waals surface area contributed by atoms with Crippen LogP contribution in [0.15, 0.2) is 11.2 Å². The lowest BCUT2D eigenvalue weighted by molar-refractivity contribution is 0.0957. The third-order valence-electron chi connectivity index (χ3n) is 2.99. The maximum atomic E-state index is 11.9. The molecule has 0 spiro atoms. The Morgan fingerprint density at radius 2 is 2.39 bits per heavy atom. The van der Waals surface area contributed by atoms with E-state index in [1.165, 1.54) is 16.9 Å². The Labute approximate surface area is 110 Å². The van der Waals surface area contributed by atoms with E-state index in [-0.39, 0.29) is 11.7 Å². The van der Waals surface area contributed by atoms with E-state index in [4.69, 9.17) is 10.9 Å². The largest absolute Gasteiger partial charge is 0.409 e. The van der Waals surface area contributed by atoms with Crippen molar-refractivity contribution in [1.29, 1.82) is 0 Å². The van der Waals surface area contributed by atoms with E-state index in [0.717, 1.165) is 17.7 Å². The summed E-state index contributed by atoms with van der Waals surface area (Å²) in [4.78, 5) is 14.0. The summed E-state index contributed by atoms with van der Waals surface area (Å²) in [6.07, 6.45) is 4.58. The Morgan fingerprint density at radius 1 is 1.56 bits per heavy atom. The maximum absolute atomic E-state index is 11.9. The summed E-state index contributed by atoms with van der Waals surface area (Å²) in [6.45, 7) is 0.539. The number of nitrogens with one attached hydrogen (secondary N) is 1. The number of hydrogen-bond donors (Lipinski definition) is 3. The molecule has 1 aromatic rings. The van der Waals surface area contributed by atoms with Crippen LogP contribution < -0.4 is 11.1 Å². The topological polar surface area (TPSA) is 87.7 Å². The lowest BCUT2D eigenvalue weighted by Gasteiger charge is -2.02. The van der Waals surface area contributed by atoms with Crippen molar-refractivity contribution in [2.75, 3.05) is 6.54 Å². The first-order valence-electron chi connectivity index (χ1n) is 6.07. The van der Waals surface area contributed by atoms with E-state index in [9.17, 15) is 4.79 Å². The third kappa shape index (κ3) is 3.01. The van der Waals surface area contributed by atoms with Crippen molar-refractivity contribution < 1.29 is 10.0 Å². The van der Waals surface area contributed by atoms with Gasteiger partial charge in [-0.1, -0.05) is 5.16 Å². The predicted octanol–water partition coefficient (Wildman–Crippen LogP) is 1.49. The second kappa shape index (κ2) is 5.86. The molecule has 6 heteroatoms. The number of hydrogen-bond acceptors (Lipinski definition) is 4. The van der Waals surface area contributed by atoms with Gasteiger partial charge in [-0.3, -0.25) is 4.79 Å². The zero-order valence-electron chi connectivity index (χ0n) is 10.1. The maximum Gasteiger partial charge on any atom is 0.261 e.